The Balaban J connectivity index is 0. The third-order valence-electron chi connectivity index (χ3n) is 0.524. The maximum atomic E-state index is 10.4. The zero-order valence-corrected chi connectivity index (χ0v) is 9.95. The number of rotatable bonds is 4. The molecule has 6 heteroatoms. The first-order valence-electron chi connectivity index (χ1n) is 2.66. The first-order valence-corrected chi connectivity index (χ1v) is 3.99. The van der Waals surface area contributed by atoms with Gasteiger partial charge in [-0.2, -0.15) is 8.42 Å². The summed E-state index contributed by atoms with van der Waals surface area (Å²) in [4.78, 5) is 0. The Labute approximate surface area is 74.0 Å². The van der Waals surface area contributed by atoms with E-state index in [9.17, 15) is 8.42 Å². The molecule has 0 bridgehead atoms. The quantitative estimate of drug-likeness (QED) is 0.639. The topological polar surface area (TPSA) is 52.6 Å². The van der Waals surface area contributed by atoms with Gasteiger partial charge in [-0.15, -0.1) is 0 Å². The van der Waals surface area contributed by atoms with Crippen molar-refractivity contribution in [1.82, 2.24) is 0 Å². The summed E-state index contributed by atoms with van der Waals surface area (Å²) in [7, 11) is -3.68. The van der Waals surface area contributed by atoms with Crippen molar-refractivity contribution in [3.63, 3.8) is 0 Å². The molecule has 0 radical (unpaired) electrons. The van der Waals surface area contributed by atoms with Gasteiger partial charge in [0.1, 0.15) is 0 Å². The number of hydrogen-bond acceptors (Lipinski definition) is 4. The van der Waals surface area contributed by atoms with E-state index in [0.717, 1.165) is 0 Å². The molecule has 0 amide bonds. The molecule has 0 N–H and O–H groups in total. The molecular weight excluding hydrogens is 209 g/mol. The molecule has 58 valence electrons. The van der Waals surface area contributed by atoms with E-state index < -0.39 is 10.4 Å². The van der Waals surface area contributed by atoms with Gasteiger partial charge in [0, 0.05) is 19.5 Å². The van der Waals surface area contributed by atoms with Crippen molar-refractivity contribution in [2.45, 2.75) is 13.8 Å². The molecule has 0 rings (SSSR count). The molecule has 0 atom stereocenters. The van der Waals surface area contributed by atoms with E-state index in [1.165, 1.54) is 0 Å². The van der Waals surface area contributed by atoms with Crippen LogP contribution < -0.4 is 0 Å². The monoisotopic (exact) mass is 218 g/mol. The van der Waals surface area contributed by atoms with Crippen molar-refractivity contribution in [3.8, 4) is 0 Å². The summed E-state index contributed by atoms with van der Waals surface area (Å²) in [6.07, 6.45) is 0. The average Bonchev–Trinajstić information content (AvgIpc) is 1.64. The van der Waals surface area contributed by atoms with Gasteiger partial charge in [0.15, 0.2) is 0 Å². The van der Waals surface area contributed by atoms with Crippen LogP contribution in [0.5, 0.6) is 0 Å². The second kappa shape index (κ2) is 6.22. The van der Waals surface area contributed by atoms with E-state index in [1.807, 2.05) is 0 Å². The van der Waals surface area contributed by atoms with E-state index >= 15 is 0 Å². The maximum absolute atomic E-state index is 10.4. The van der Waals surface area contributed by atoms with Gasteiger partial charge >= 0.3 is 10.4 Å². The van der Waals surface area contributed by atoms with Gasteiger partial charge in [-0.3, -0.25) is 0 Å². The zero-order valence-electron chi connectivity index (χ0n) is 6.16. The van der Waals surface area contributed by atoms with Crippen LogP contribution in [0.2, 0.25) is 0 Å². The minimum Gasteiger partial charge on any atom is -0.248 e. The number of hydrogen-bond donors (Lipinski definition) is 0. The molecule has 0 unspecified atom stereocenters. The van der Waals surface area contributed by atoms with Crippen LogP contribution in [0.15, 0.2) is 0 Å². The Kier molecular flexibility index (Phi) is 8.15. The van der Waals surface area contributed by atoms with E-state index in [1.54, 1.807) is 13.8 Å². The summed E-state index contributed by atoms with van der Waals surface area (Å²) in [5.74, 6) is 0. The normalized spacial score (nSPS) is 10.6. The smallest absolute Gasteiger partial charge is 0.248 e. The maximum Gasteiger partial charge on any atom is 0.399 e. The Morgan fingerprint density at radius 1 is 1.10 bits per heavy atom. The van der Waals surface area contributed by atoms with Gasteiger partial charge in [0.2, 0.25) is 0 Å². The van der Waals surface area contributed by atoms with Crippen LogP contribution in [0, 0.1) is 0 Å². The second-order valence-electron chi connectivity index (χ2n) is 1.22. The van der Waals surface area contributed by atoms with Crippen molar-refractivity contribution in [2.24, 2.45) is 0 Å². The standard InChI is InChI=1S/C4H10O4S.Zn/c1-3-7-9(5,6)8-4-2;/h3-4H2,1-2H3;. The second-order valence-corrected chi connectivity index (χ2v) is 2.51. The van der Waals surface area contributed by atoms with Gasteiger partial charge in [-0.1, -0.05) is 0 Å². The molecule has 0 aliphatic heterocycles. The van der Waals surface area contributed by atoms with Gasteiger partial charge in [-0.25, -0.2) is 8.37 Å². The van der Waals surface area contributed by atoms with Crippen LogP contribution >= 0.6 is 0 Å². The molecule has 0 aromatic rings. The van der Waals surface area contributed by atoms with Crippen LogP contribution in [0.4, 0.5) is 0 Å². The molecule has 0 aliphatic rings. The van der Waals surface area contributed by atoms with Gasteiger partial charge < -0.3 is 0 Å². The third kappa shape index (κ3) is 6.61. The van der Waals surface area contributed by atoms with Crippen molar-refractivity contribution in [3.05, 3.63) is 0 Å². The Bertz CT molecular complexity index is 141. The molecule has 0 aromatic heterocycles. The Morgan fingerprint density at radius 3 is 1.60 bits per heavy atom. The summed E-state index contributed by atoms with van der Waals surface area (Å²) in [6.45, 7) is 3.39. The SMILES string of the molecule is CCOS(=O)(=O)OCC.[Zn]. The fourth-order valence-corrected chi connectivity index (χ4v) is 0.968. The largest absolute Gasteiger partial charge is 0.399 e. The van der Waals surface area contributed by atoms with Gasteiger partial charge in [0.25, 0.3) is 0 Å². The van der Waals surface area contributed by atoms with E-state index in [-0.39, 0.29) is 32.7 Å². The Hall–Kier alpha value is 0.493. The molecule has 10 heavy (non-hydrogen) atoms. The molecule has 0 fully saturated rings. The van der Waals surface area contributed by atoms with Crippen LogP contribution in [0.3, 0.4) is 0 Å². The predicted molar refractivity (Wildman–Crippen MR) is 32.2 cm³/mol. The molecule has 0 spiro atoms. The molecular formula is C4H10O4SZn. The van der Waals surface area contributed by atoms with Crippen LogP contribution in [-0.2, 0) is 38.2 Å². The molecule has 0 heterocycles. The van der Waals surface area contributed by atoms with Gasteiger partial charge in [0.05, 0.1) is 13.2 Å². The summed E-state index contributed by atoms with van der Waals surface area (Å²) >= 11 is 0. The average molecular weight is 220 g/mol. The van der Waals surface area contributed by atoms with Crippen molar-refractivity contribution < 1.29 is 36.3 Å². The summed E-state index contributed by atoms with van der Waals surface area (Å²) in [5.41, 5.74) is 0. The fraction of sp³-hybridized carbons (Fsp3) is 1.00. The molecule has 0 aromatic carbocycles. The van der Waals surface area contributed by atoms with Crippen LogP contribution in [0.1, 0.15) is 13.8 Å². The fourth-order valence-electron chi connectivity index (χ4n) is 0.323. The third-order valence-corrected chi connectivity index (χ3v) is 1.57. The van der Waals surface area contributed by atoms with E-state index in [0.29, 0.717) is 0 Å². The van der Waals surface area contributed by atoms with Crippen molar-refractivity contribution in [1.29, 1.82) is 0 Å². The van der Waals surface area contributed by atoms with Crippen molar-refractivity contribution >= 4 is 10.4 Å². The first kappa shape index (κ1) is 13.1. The molecule has 4 nitrogen and oxygen atoms in total. The minimum absolute atomic E-state index is 0. The van der Waals surface area contributed by atoms with Crippen molar-refractivity contribution in [2.75, 3.05) is 13.2 Å². The van der Waals surface area contributed by atoms with Crippen LogP contribution in [-0.4, -0.2) is 21.6 Å². The zero-order chi connectivity index (χ0) is 7.33. The van der Waals surface area contributed by atoms with E-state index in [2.05, 4.69) is 8.37 Å². The van der Waals surface area contributed by atoms with Gasteiger partial charge in [-0.05, 0) is 13.8 Å². The first-order chi connectivity index (χ1) is 4.12. The molecule has 0 saturated heterocycles. The molecule has 0 saturated carbocycles. The predicted octanol–water partition coefficient (Wildman–Crippen LogP) is 0.302. The summed E-state index contributed by atoms with van der Waals surface area (Å²) in [6, 6.07) is 0. The molecule has 0 aliphatic carbocycles. The Morgan fingerprint density at radius 2 is 1.40 bits per heavy atom. The summed E-state index contributed by atoms with van der Waals surface area (Å²) < 4.78 is 29.2. The van der Waals surface area contributed by atoms with E-state index in [4.69, 9.17) is 0 Å². The summed E-state index contributed by atoms with van der Waals surface area (Å²) in [5, 5.41) is 0. The van der Waals surface area contributed by atoms with Crippen LogP contribution in [0.25, 0.3) is 0 Å². The minimum atomic E-state index is -3.68.